The van der Waals surface area contributed by atoms with Gasteiger partial charge in [0, 0.05) is 12.1 Å². The van der Waals surface area contributed by atoms with Crippen molar-refractivity contribution in [3.8, 4) is 11.8 Å². The molecule has 1 aromatic rings. The minimum atomic E-state index is -0.557. The summed E-state index contributed by atoms with van der Waals surface area (Å²) in [7, 11) is 0. The van der Waals surface area contributed by atoms with Crippen molar-refractivity contribution in [2.24, 2.45) is 0 Å². The zero-order valence-corrected chi connectivity index (χ0v) is 7.84. The van der Waals surface area contributed by atoms with Gasteiger partial charge in [-0.1, -0.05) is 12.7 Å². The first kappa shape index (κ1) is 10.7. The number of nitro benzene ring substituents is 1. The third kappa shape index (κ3) is 2.54. The largest absolute Gasteiger partial charge is 0.488 e. The lowest BCUT2D eigenvalue weighted by Gasteiger charge is -2.04. The molecule has 0 fully saturated rings. The minimum Gasteiger partial charge on any atom is -0.488 e. The second-order valence-electron chi connectivity index (χ2n) is 2.65. The molecule has 0 aliphatic carbocycles. The highest BCUT2D eigenvalue weighted by Crippen LogP contribution is 2.23. The van der Waals surface area contributed by atoms with E-state index in [1.54, 1.807) is 0 Å². The average Bonchev–Trinajstić information content (AvgIpc) is 2.25. The van der Waals surface area contributed by atoms with E-state index in [-0.39, 0.29) is 17.9 Å². The number of nitriles is 1. The highest BCUT2D eigenvalue weighted by Gasteiger charge is 2.10. The van der Waals surface area contributed by atoms with Crippen molar-refractivity contribution in [2.75, 3.05) is 6.61 Å². The van der Waals surface area contributed by atoms with Crippen molar-refractivity contribution in [1.29, 1.82) is 5.26 Å². The van der Waals surface area contributed by atoms with Gasteiger partial charge in [0.1, 0.15) is 24.0 Å². The second-order valence-corrected chi connectivity index (χ2v) is 2.65. The van der Waals surface area contributed by atoms with Crippen LogP contribution >= 0.6 is 0 Å². The predicted molar refractivity (Wildman–Crippen MR) is 53.5 cm³/mol. The molecule has 0 amide bonds. The van der Waals surface area contributed by atoms with Gasteiger partial charge in [-0.05, 0) is 6.07 Å². The Hall–Kier alpha value is -2.35. The summed E-state index contributed by atoms with van der Waals surface area (Å²) in [5, 5.41) is 19.2. The number of benzene rings is 1. The number of nitrogens with zero attached hydrogens (tertiary/aromatic N) is 2. The Morgan fingerprint density at radius 3 is 2.93 bits per heavy atom. The number of hydrogen-bond donors (Lipinski definition) is 0. The van der Waals surface area contributed by atoms with Gasteiger partial charge >= 0.3 is 0 Å². The standard InChI is InChI=1S/C10H8N2O3/c1-2-5-15-10-4-3-9(12(13)14)6-8(10)7-11/h2-4,6H,1,5H2. The average molecular weight is 204 g/mol. The molecule has 0 radical (unpaired) electrons. The third-order valence-corrected chi connectivity index (χ3v) is 1.65. The van der Waals surface area contributed by atoms with E-state index in [4.69, 9.17) is 10.00 Å². The molecule has 15 heavy (non-hydrogen) atoms. The van der Waals surface area contributed by atoms with Crippen molar-refractivity contribution < 1.29 is 9.66 Å². The summed E-state index contributed by atoms with van der Waals surface area (Å²) in [4.78, 5) is 9.88. The summed E-state index contributed by atoms with van der Waals surface area (Å²) in [5.41, 5.74) is 0.0172. The fourth-order valence-electron chi connectivity index (χ4n) is 0.993. The van der Waals surface area contributed by atoms with Crippen LogP contribution in [-0.2, 0) is 0 Å². The zero-order chi connectivity index (χ0) is 11.3. The first-order valence-electron chi connectivity index (χ1n) is 4.11. The van der Waals surface area contributed by atoms with Crippen LogP contribution in [0, 0.1) is 21.4 Å². The summed E-state index contributed by atoms with van der Waals surface area (Å²) < 4.78 is 5.15. The Bertz CT molecular complexity index is 435. The molecule has 0 unspecified atom stereocenters. The number of non-ortho nitro benzene ring substituents is 1. The van der Waals surface area contributed by atoms with Gasteiger partial charge in [-0.2, -0.15) is 5.26 Å². The van der Waals surface area contributed by atoms with Crippen LogP contribution in [0.4, 0.5) is 5.69 Å². The summed E-state index contributed by atoms with van der Waals surface area (Å²) in [6.45, 7) is 3.72. The van der Waals surface area contributed by atoms with Gasteiger partial charge in [0.05, 0.1) is 4.92 Å². The molecule has 0 saturated carbocycles. The number of rotatable bonds is 4. The van der Waals surface area contributed by atoms with Gasteiger partial charge in [-0.15, -0.1) is 0 Å². The molecule has 0 aromatic heterocycles. The van der Waals surface area contributed by atoms with Crippen molar-refractivity contribution in [3.63, 3.8) is 0 Å². The zero-order valence-electron chi connectivity index (χ0n) is 7.84. The van der Waals surface area contributed by atoms with Crippen molar-refractivity contribution in [2.45, 2.75) is 0 Å². The first-order valence-corrected chi connectivity index (χ1v) is 4.11. The highest BCUT2D eigenvalue weighted by atomic mass is 16.6. The van der Waals surface area contributed by atoms with E-state index in [1.807, 2.05) is 6.07 Å². The van der Waals surface area contributed by atoms with Crippen LogP contribution < -0.4 is 4.74 Å². The Morgan fingerprint density at radius 2 is 2.40 bits per heavy atom. The van der Waals surface area contributed by atoms with Crippen molar-refractivity contribution >= 4 is 5.69 Å². The molecular weight excluding hydrogens is 196 g/mol. The van der Waals surface area contributed by atoms with Crippen molar-refractivity contribution in [1.82, 2.24) is 0 Å². The molecule has 1 rings (SSSR count). The normalized spacial score (nSPS) is 9.00. The second kappa shape index (κ2) is 4.77. The van der Waals surface area contributed by atoms with Crippen molar-refractivity contribution in [3.05, 3.63) is 46.5 Å². The van der Waals surface area contributed by atoms with Gasteiger partial charge in [0.15, 0.2) is 0 Å². The molecule has 5 nitrogen and oxygen atoms in total. The Morgan fingerprint density at radius 1 is 1.67 bits per heavy atom. The van der Waals surface area contributed by atoms with Gasteiger partial charge < -0.3 is 4.74 Å². The van der Waals surface area contributed by atoms with E-state index in [2.05, 4.69) is 6.58 Å². The van der Waals surface area contributed by atoms with Gasteiger partial charge in [0.25, 0.3) is 5.69 Å². The van der Waals surface area contributed by atoms with E-state index < -0.39 is 4.92 Å². The maximum Gasteiger partial charge on any atom is 0.271 e. The third-order valence-electron chi connectivity index (χ3n) is 1.65. The molecule has 0 atom stereocenters. The fraction of sp³-hybridized carbons (Fsp3) is 0.100. The van der Waals surface area contributed by atoms with Gasteiger partial charge in [-0.3, -0.25) is 10.1 Å². The van der Waals surface area contributed by atoms with E-state index in [0.29, 0.717) is 5.75 Å². The summed E-state index contributed by atoms with van der Waals surface area (Å²) >= 11 is 0. The molecule has 0 aliphatic rings. The summed E-state index contributed by atoms with van der Waals surface area (Å²) in [6.07, 6.45) is 1.53. The van der Waals surface area contributed by atoms with Crippen LogP contribution in [0.15, 0.2) is 30.9 Å². The van der Waals surface area contributed by atoms with Crippen LogP contribution in [0.2, 0.25) is 0 Å². The quantitative estimate of drug-likeness (QED) is 0.427. The lowest BCUT2D eigenvalue weighted by molar-refractivity contribution is -0.384. The smallest absolute Gasteiger partial charge is 0.271 e. The highest BCUT2D eigenvalue weighted by molar-refractivity contribution is 5.50. The predicted octanol–water partition coefficient (Wildman–Crippen LogP) is 2.03. The fourth-order valence-corrected chi connectivity index (χ4v) is 0.993. The maximum absolute atomic E-state index is 10.4. The Balaban J connectivity index is 3.05. The lowest BCUT2D eigenvalue weighted by atomic mass is 10.2. The molecule has 0 aliphatic heterocycles. The van der Waals surface area contributed by atoms with Crippen LogP contribution in [0.5, 0.6) is 5.75 Å². The molecule has 0 N–H and O–H groups in total. The van der Waals surface area contributed by atoms with Crippen LogP contribution in [-0.4, -0.2) is 11.5 Å². The summed E-state index contributed by atoms with van der Waals surface area (Å²) in [5.74, 6) is 0.322. The maximum atomic E-state index is 10.4. The summed E-state index contributed by atoms with van der Waals surface area (Å²) in [6, 6.07) is 5.71. The van der Waals surface area contributed by atoms with Crippen LogP contribution in [0.25, 0.3) is 0 Å². The molecule has 0 spiro atoms. The molecule has 5 heteroatoms. The van der Waals surface area contributed by atoms with E-state index >= 15 is 0 Å². The molecular formula is C10H8N2O3. The minimum absolute atomic E-state index is 0.127. The van der Waals surface area contributed by atoms with E-state index in [0.717, 1.165) is 0 Å². The first-order chi connectivity index (χ1) is 7.19. The Kier molecular flexibility index (Phi) is 3.41. The van der Waals surface area contributed by atoms with Crippen LogP contribution in [0.3, 0.4) is 0 Å². The van der Waals surface area contributed by atoms with Gasteiger partial charge in [0.2, 0.25) is 0 Å². The SMILES string of the molecule is C=CCOc1ccc([N+](=O)[O-])cc1C#N. The molecule has 0 saturated heterocycles. The lowest BCUT2D eigenvalue weighted by Crippen LogP contribution is -1.96. The van der Waals surface area contributed by atoms with E-state index in [1.165, 1.54) is 24.3 Å². The molecule has 1 aromatic carbocycles. The number of ether oxygens (including phenoxy) is 1. The monoisotopic (exact) mass is 204 g/mol. The molecule has 0 bridgehead atoms. The molecule has 76 valence electrons. The Labute approximate surface area is 86.4 Å². The number of nitro groups is 1. The topological polar surface area (TPSA) is 76.2 Å². The molecule has 0 heterocycles. The van der Waals surface area contributed by atoms with Crippen LogP contribution in [0.1, 0.15) is 5.56 Å². The van der Waals surface area contributed by atoms with E-state index in [9.17, 15) is 10.1 Å². The van der Waals surface area contributed by atoms with Gasteiger partial charge in [-0.25, -0.2) is 0 Å². The number of hydrogen-bond acceptors (Lipinski definition) is 4.